The molecule has 3 aromatic heterocycles. The first-order valence-electron chi connectivity index (χ1n) is 7.58. The third kappa shape index (κ3) is 2.52. The summed E-state index contributed by atoms with van der Waals surface area (Å²) >= 11 is 12.1. The van der Waals surface area contributed by atoms with E-state index >= 15 is 0 Å². The van der Waals surface area contributed by atoms with Crippen LogP contribution >= 0.6 is 23.2 Å². The number of likely N-dealkylation sites (tertiary alicyclic amines) is 1. The van der Waals surface area contributed by atoms with E-state index in [4.69, 9.17) is 23.2 Å². The summed E-state index contributed by atoms with van der Waals surface area (Å²) in [5.41, 5.74) is 0.926. The van der Waals surface area contributed by atoms with E-state index in [0.717, 1.165) is 24.3 Å². The van der Waals surface area contributed by atoms with E-state index < -0.39 is 0 Å². The first-order chi connectivity index (χ1) is 11.6. The van der Waals surface area contributed by atoms with Gasteiger partial charge in [-0.2, -0.15) is 0 Å². The molecule has 4 rings (SSSR count). The Labute approximate surface area is 148 Å². The van der Waals surface area contributed by atoms with E-state index in [9.17, 15) is 4.79 Å². The monoisotopic (exact) mass is 361 g/mol. The third-order valence-corrected chi connectivity index (χ3v) is 4.68. The fraction of sp³-hybridized carbons (Fsp3) is 0.250. The number of hydrogen-bond donors (Lipinski definition) is 0. The van der Waals surface area contributed by atoms with Gasteiger partial charge in [0.1, 0.15) is 10.8 Å². The normalized spacial score (nSPS) is 17.6. The zero-order chi connectivity index (χ0) is 16.7. The minimum absolute atomic E-state index is 0.160. The Morgan fingerprint density at radius 1 is 1.17 bits per heavy atom. The highest BCUT2D eigenvalue weighted by atomic mass is 35.5. The van der Waals surface area contributed by atoms with Gasteiger partial charge in [-0.05, 0) is 37.1 Å². The predicted molar refractivity (Wildman–Crippen MR) is 90.3 cm³/mol. The van der Waals surface area contributed by atoms with Crippen molar-refractivity contribution in [3.8, 4) is 0 Å². The number of carbonyl (C=O) groups excluding carboxylic acids is 1. The maximum atomic E-state index is 12.9. The lowest BCUT2D eigenvalue weighted by Crippen LogP contribution is -2.32. The molecule has 0 bridgehead atoms. The van der Waals surface area contributed by atoms with Crippen LogP contribution in [0.2, 0.25) is 10.2 Å². The van der Waals surface area contributed by atoms with Crippen molar-refractivity contribution in [1.29, 1.82) is 0 Å². The summed E-state index contributed by atoms with van der Waals surface area (Å²) < 4.78 is 1.91. The second-order valence-corrected chi connectivity index (χ2v) is 6.40. The number of amides is 1. The van der Waals surface area contributed by atoms with Gasteiger partial charge in [-0.1, -0.05) is 29.3 Å². The van der Waals surface area contributed by atoms with E-state index in [1.54, 1.807) is 17.0 Å². The molecule has 0 unspecified atom stereocenters. The van der Waals surface area contributed by atoms with Gasteiger partial charge in [-0.15, -0.1) is 10.2 Å². The van der Waals surface area contributed by atoms with Crippen molar-refractivity contribution in [1.82, 2.24) is 24.5 Å². The van der Waals surface area contributed by atoms with Crippen LogP contribution in [-0.4, -0.2) is 36.9 Å². The molecule has 8 heteroatoms. The van der Waals surface area contributed by atoms with E-state index in [2.05, 4.69) is 15.2 Å². The lowest BCUT2D eigenvalue weighted by molar-refractivity contribution is 0.0723. The Morgan fingerprint density at radius 2 is 2.04 bits per heavy atom. The molecule has 1 amide bonds. The van der Waals surface area contributed by atoms with Crippen LogP contribution in [0.4, 0.5) is 0 Å². The molecule has 3 aromatic rings. The second-order valence-electron chi connectivity index (χ2n) is 5.61. The number of pyridine rings is 2. The van der Waals surface area contributed by atoms with Crippen molar-refractivity contribution >= 4 is 34.8 Å². The van der Waals surface area contributed by atoms with Crippen LogP contribution in [0.15, 0.2) is 36.5 Å². The van der Waals surface area contributed by atoms with Gasteiger partial charge in [0.15, 0.2) is 11.5 Å². The van der Waals surface area contributed by atoms with Crippen molar-refractivity contribution in [2.24, 2.45) is 0 Å². The molecule has 0 N–H and O–H groups in total. The summed E-state index contributed by atoms with van der Waals surface area (Å²) in [6.45, 7) is 0.621. The molecule has 122 valence electrons. The number of rotatable bonds is 2. The summed E-state index contributed by atoms with van der Waals surface area (Å²) in [5, 5.41) is 8.99. The van der Waals surface area contributed by atoms with Crippen LogP contribution in [0.1, 0.15) is 35.2 Å². The van der Waals surface area contributed by atoms with Crippen molar-refractivity contribution < 1.29 is 4.79 Å². The lowest BCUT2D eigenvalue weighted by atomic mass is 10.2. The van der Waals surface area contributed by atoms with E-state index in [-0.39, 0.29) is 22.8 Å². The summed E-state index contributed by atoms with van der Waals surface area (Å²) in [5.74, 6) is 0.507. The average molecular weight is 362 g/mol. The number of carbonyl (C=O) groups is 1. The van der Waals surface area contributed by atoms with Gasteiger partial charge in [-0.25, -0.2) is 4.98 Å². The zero-order valence-corrected chi connectivity index (χ0v) is 14.1. The van der Waals surface area contributed by atoms with Crippen LogP contribution in [0.5, 0.6) is 0 Å². The molecule has 0 aliphatic carbocycles. The van der Waals surface area contributed by atoms with Crippen LogP contribution in [0.3, 0.4) is 0 Å². The number of aromatic nitrogens is 4. The summed E-state index contributed by atoms with van der Waals surface area (Å²) in [6.07, 6.45) is 3.60. The summed E-state index contributed by atoms with van der Waals surface area (Å²) in [6, 6.07) is 8.69. The van der Waals surface area contributed by atoms with Crippen molar-refractivity contribution in [3.63, 3.8) is 0 Å². The highest BCUT2D eigenvalue weighted by Gasteiger charge is 2.35. The minimum Gasteiger partial charge on any atom is -0.327 e. The molecular formula is C16H13Cl2N5O. The molecule has 0 spiro atoms. The van der Waals surface area contributed by atoms with Gasteiger partial charge < -0.3 is 4.90 Å². The Morgan fingerprint density at radius 3 is 2.92 bits per heavy atom. The molecule has 0 saturated carbocycles. The Bertz CT molecular complexity index is 926. The van der Waals surface area contributed by atoms with E-state index in [0.29, 0.717) is 11.6 Å². The molecule has 24 heavy (non-hydrogen) atoms. The van der Waals surface area contributed by atoms with Crippen LogP contribution in [-0.2, 0) is 0 Å². The van der Waals surface area contributed by atoms with Gasteiger partial charge in [0.05, 0.1) is 11.1 Å². The maximum absolute atomic E-state index is 12.9. The molecule has 1 aliphatic rings. The molecule has 1 aliphatic heterocycles. The maximum Gasteiger partial charge on any atom is 0.274 e. The molecule has 6 nitrogen and oxygen atoms in total. The zero-order valence-electron chi connectivity index (χ0n) is 12.6. The van der Waals surface area contributed by atoms with Gasteiger partial charge in [0.25, 0.3) is 5.91 Å². The first kappa shape index (κ1) is 15.4. The minimum atomic E-state index is -0.238. The van der Waals surface area contributed by atoms with Gasteiger partial charge in [0, 0.05) is 12.7 Å². The molecule has 0 radical (unpaired) electrons. The first-order valence-corrected chi connectivity index (χ1v) is 8.33. The quantitative estimate of drug-likeness (QED) is 0.656. The number of hydrogen-bond acceptors (Lipinski definition) is 4. The van der Waals surface area contributed by atoms with Gasteiger partial charge >= 0.3 is 0 Å². The standard InChI is InChI=1S/C16H13Cl2N5O/c17-10-6-7-12(18)19-14(10)16(24)22-9-3-4-11(22)15-21-20-13-5-1-2-8-23(13)15/h1-2,5-8,11H,3-4,9H2/t11-/m0/s1. The van der Waals surface area contributed by atoms with Gasteiger partial charge in [0.2, 0.25) is 0 Å². The van der Waals surface area contributed by atoms with E-state index in [1.807, 2.05) is 28.8 Å². The van der Waals surface area contributed by atoms with Gasteiger partial charge in [-0.3, -0.25) is 9.20 Å². The van der Waals surface area contributed by atoms with Crippen LogP contribution in [0, 0.1) is 0 Å². The predicted octanol–water partition coefficient (Wildman–Crippen LogP) is 3.41. The molecule has 1 atom stereocenters. The third-order valence-electron chi connectivity index (χ3n) is 4.17. The van der Waals surface area contributed by atoms with Crippen molar-refractivity contribution in [2.75, 3.05) is 6.54 Å². The molecule has 4 heterocycles. The second kappa shape index (κ2) is 6.03. The highest BCUT2D eigenvalue weighted by Crippen LogP contribution is 2.33. The molecular weight excluding hydrogens is 349 g/mol. The van der Waals surface area contributed by atoms with Crippen molar-refractivity contribution in [2.45, 2.75) is 18.9 Å². The van der Waals surface area contributed by atoms with E-state index in [1.165, 1.54) is 0 Å². The number of nitrogens with zero attached hydrogens (tertiary/aromatic N) is 5. The Kier molecular flexibility index (Phi) is 3.86. The van der Waals surface area contributed by atoms with Crippen LogP contribution < -0.4 is 0 Å². The molecule has 1 saturated heterocycles. The topological polar surface area (TPSA) is 63.4 Å². The fourth-order valence-corrected chi connectivity index (χ4v) is 3.40. The van der Waals surface area contributed by atoms with Crippen LogP contribution in [0.25, 0.3) is 5.65 Å². The molecule has 1 fully saturated rings. The fourth-order valence-electron chi connectivity index (χ4n) is 3.07. The highest BCUT2D eigenvalue weighted by molar-refractivity contribution is 6.34. The summed E-state index contributed by atoms with van der Waals surface area (Å²) in [7, 11) is 0. The smallest absolute Gasteiger partial charge is 0.274 e. The number of halogens is 2. The Balaban J connectivity index is 1.72. The average Bonchev–Trinajstić information content (AvgIpc) is 3.22. The largest absolute Gasteiger partial charge is 0.327 e. The van der Waals surface area contributed by atoms with Crippen molar-refractivity contribution in [3.05, 3.63) is 58.2 Å². The lowest BCUT2D eigenvalue weighted by Gasteiger charge is -2.23. The summed E-state index contributed by atoms with van der Waals surface area (Å²) in [4.78, 5) is 18.8. The number of fused-ring (bicyclic) bond motifs is 1. The Hall–Kier alpha value is -2.18. The SMILES string of the molecule is O=C(c1nc(Cl)ccc1Cl)N1CCC[C@H]1c1nnc2ccccn12. The molecule has 0 aromatic carbocycles.